The van der Waals surface area contributed by atoms with Crippen LogP contribution in [0.15, 0.2) is 59.0 Å². The Kier molecular flexibility index (Phi) is 5.22. The zero-order valence-corrected chi connectivity index (χ0v) is 14.4. The topological polar surface area (TPSA) is 46.5 Å². The van der Waals surface area contributed by atoms with Gasteiger partial charge in [0.2, 0.25) is 5.13 Å². The SMILES string of the molecule is COc1cc(C=NNc2nc(-c3ccccc3)cs2)cc(C(F)(F)F)c1. The van der Waals surface area contributed by atoms with E-state index in [0.717, 1.165) is 23.4 Å². The van der Waals surface area contributed by atoms with Gasteiger partial charge in [-0.1, -0.05) is 30.3 Å². The average Bonchev–Trinajstić information content (AvgIpc) is 3.10. The predicted octanol–water partition coefficient (Wildman–Crippen LogP) is 5.28. The molecule has 3 aromatic rings. The molecule has 0 fully saturated rings. The molecule has 3 rings (SSSR count). The van der Waals surface area contributed by atoms with Crippen LogP contribution in [0.2, 0.25) is 0 Å². The van der Waals surface area contributed by atoms with Crippen LogP contribution in [0.4, 0.5) is 18.3 Å². The lowest BCUT2D eigenvalue weighted by atomic mass is 10.1. The smallest absolute Gasteiger partial charge is 0.416 e. The van der Waals surface area contributed by atoms with Gasteiger partial charge in [0.25, 0.3) is 0 Å². The van der Waals surface area contributed by atoms with Gasteiger partial charge in [-0.05, 0) is 23.8 Å². The molecule has 134 valence electrons. The maximum atomic E-state index is 12.9. The van der Waals surface area contributed by atoms with Crippen molar-refractivity contribution in [1.29, 1.82) is 0 Å². The highest BCUT2D eigenvalue weighted by molar-refractivity contribution is 7.14. The molecule has 0 aliphatic heterocycles. The molecule has 1 heterocycles. The summed E-state index contributed by atoms with van der Waals surface area (Å²) in [6.45, 7) is 0. The Labute approximate surface area is 152 Å². The number of nitrogens with one attached hydrogen (secondary N) is 1. The molecule has 1 N–H and O–H groups in total. The number of anilines is 1. The standard InChI is InChI=1S/C18H14F3N3OS/c1-25-15-8-12(7-14(9-15)18(19,20)21)10-22-24-17-23-16(11-26-17)13-5-3-2-4-6-13/h2-11H,1H3,(H,23,24). The van der Waals surface area contributed by atoms with Crippen molar-refractivity contribution in [3.63, 3.8) is 0 Å². The molecule has 4 nitrogen and oxygen atoms in total. The Balaban J connectivity index is 1.74. The Morgan fingerprint density at radius 3 is 2.62 bits per heavy atom. The normalized spacial score (nSPS) is 11.7. The van der Waals surface area contributed by atoms with E-state index in [2.05, 4.69) is 15.5 Å². The van der Waals surface area contributed by atoms with Crippen molar-refractivity contribution in [1.82, 2.24) is 4.98 Å². The number of thiazole rings is 1. The van der Waals surface area contributed by atoms with Crippen LogP contribution in [-0.4, -0.2) is 18.3 Å². The highest BCUT2D eigenvalue weighted by Gasteiger charge is 2.31. The van der Waals surface area contributed by atoms with E-state index in [1.54, 1.807) is 0 Å². The molecule has 0 aliphatic carbocycles. The minimum Gasteiger partial charge on any atom is -0.497 e. The van der Waals surface area contributed by atoms with Crippen LogP contribution < -0.4 is 10.2 Å². The van der Waals surface area contributed by atoms with Crippen molar-refractivity contribution in [2.24, 2.45) is 5.10 Å². The van der Waals surface area contributed by atoms with Crippen molar-refractivity contribution in [3.05, 3.63) is 65.0 Å². The molecule has 0 aliphatic rings. The number of benzene rings is 2. The van der Waals surface area contributed by atoms with Gasteiger partial charge < -0.3 is 4.74 Å². The molecule has 0 radical (unpaired) electrons. The van der Waals surface area contributed by atoms with Crippen LogP contribution in [0, 0.1) is 0 Å². The molecule has 0 spiro atoms. The first-order valence-corrected chi connectivity index (χ1v) is 8.40. The lowest BCUT2D eigenvalue weighted by Crippen LogP contribution is -2.06. The molecular weight excluding hydrogens is 363 g/mol. The number of hydrogen-bond acceptors (Lipinski definition) is 5. The largest absolute Gasteiger partial charge is 0.497 e. The minimum atomic E-state index is -4.45. The second-order valence-electron chi connectivity index (χ2n) is 5.27. The van der Waals surface area contributed by atoms with E-state index in [9.17, 15) is 13.2 Å². The Bertz CT molecular complexity index is 908. The summed E-state index contributed by atoms with van der Waals surface area (Å²) in [5.41, 5.74) is 3.98. The molecule has 2 aromatic carbocycles. The number of ether oxygens (including phenoxy) is 1. The fourth-order valence-electron chi connectivity index (χ4n) is 2.21. The van der Waals surface area contributed by atoms with Gasteiger partial charge in [-0.25, -0.2) is 4.98 Å². The van der Waals surface area contributed by atoms with E-state index in [-0.39, 0.29) is 11.3 Å². The molecular formula is C18H14F3N3OS. The number of nitrogens with zero attached hydrogens (tertiary/aromatic N) is 2. The second kappa shape index (κ2) is 7.57. The summed E-state index contributed by atoms with van der Waals surface area (Å²) in [6.07, 6.45) is -3.16. The van der Waals surface area contributed by atoms with Crippen LogP contribution in [0.3, 0.4) is 0 Å². The Hall–Kier alpha value is -2.87. The first-order chi connectivity index (χ1) is 12.5. The Morgan fingerprint density at radius 2 is 1.92 bits per heavy atom. The maximum Gasteiger partial charge on any atom is 0.416 e. The molecule has 0 amide bonds. The van der Waals surface area contributed by atoms with E-state index in [0.29, 0.717) is 5.13 Å². The molecule has 0 bridgehead atoms. The third-order valence-electron chi connectivity index (χ3n) is 3.44. The lowest BCUT2D eigenvalue weighted by Gasteiger charge is -2.09. The highest BCUT2D eigenvalue weighted by atomic mass is 32.1. The number of hydrazone groups is 1. The van der Waals surface area contributed by atoms with Gasteiger partial charge in [0.15, 0.2) is 0 Å². The first-order valence-electron chi connectivity index (χ1n) is 7.52. The fourth-order valence-corrected chi connectivity index (χ4v) is 2.88. The van der Waals surface area contributed by atoms with Crippen molar-refractivity contribution in [2.45, 2.75) is 6.18 Å². The molecule has 26 heavy (non-hydrogen) atoms. The molecule has 0 saturated carbocycles. The molecule has 0 atom stereocenters. The summed E-state index contributed by atoms with van der Waals surface area (Å²) in [5.74, 6) is 0.113. The summed E-state index contributed by atoms with van der Waals surface area (Å²) in [7, 11) is 1.31. The lowest BCUT2D eigenvalue weighted by molar-refractivity contribution is -0.137. The minimum absolute atomic E-state index is 0.113. The predicted molar refractivity (Wildman–Crippen MR) is 96.8 cm³/mol. The van der Waals surface area contributed by atoms with Gasteiger partial charge in [-0.2, -0.15) is 18.3 Å². The fraction of sp³-hybridized carbons (Fsp3) is 0.111. The summed E-state index contributed by atoms with van der Waals surface area (Å²) in [6, 6.07) is 13.1. The monoisotopic (exact) mass is 377 g/mol. The molecule has 1 aromatic heterocycles. The number of hydrogen-bond donors (Lipinski definition) is 1. The highest BCUT2D eigenvalue weighted by Crippen LogP contribution is 2.32. The van der Waals surface area contributed by atoms with Gasteiger partial charge in [-0.15, -0.1) is 11.3 Å². The van der Waals surface area contributed by atoms with E-state index in [1.807, 2.05) is 35.7 Å². The summed E-state index contributed by atoms with van der Waals surface area (Å²) in [5, 5.41) is 6.38. The number of alkyl halides is 3. The van der Waals surface area contributed by atoms with E-state index >= 15 is 0 Å². The Morgan fingerprint density at radius 1 is 1.15 bits per heavy atom. The van der Waals surface area contributed by atoms with Gasteiger partial charge >= 0.3 is 6.18 Å². The third-order valence-corrected chi connectivity index (χ3v) is 4.19. The van der Waals surface area contributed by atoms with Crippen molar-refractivity contribution in [2.75, 3.05) is 12.5 Å². The number of aromatic nitrogens is 1. The van der Waals surface area contributed by atoms with Crippen LogP contribution in [0.1, 0.15) is 11.1 Å². The maximum absolute atomic E-state index is 12.9. The van der Waals surface area contributed by atoms with E-state index < -0.39 is 11.7 Å². The number of rotatable bonds is 5. The first kappa shape index (κ1) is 17.9. The third kappa shape index (κ3) is 4.40. The summed E-state index contributed by atoms with van der Waals surface area (Å²) < 4.78 is 43.6. The van der Waals surface area contributed by atoms with Crippen molar-refractivity contribution >= 4 is 22.7 Å². The molecule has 0 saturated heterocycles. The number of halogens is 3. The number of methoxy groups -OCH3 is 1. The van der Waals surface area contributed by atoms with Gasteiger partial charge in [0.1, 0.15) is 5.75 Å². The average molecular weight is 377 g/mol. The zero-order valence-electron chi connectivity index (χ0n) is 13.6. The van der Waals surface area contributed by atoms with Crippen molar-refractivity contribution < 1.29 is 17.9 Å². The second-order valence-corrected chi connectivity index (χ2v) is 6.12. The van der Waals surface area contributed by atoms with Gasteiger partial charge in [-0.3, -0.25) is 5.43 Å². The van der Waals surface area contributed by atoms with Gasteiger partial charge in [0.05, 0.1) is 24.6 Å². The summed E-state index contributed by atoms with van der Waals surface area (Å²) >= 11 is 1.35. The molecule has 8 heteroatoms. The van der Waals surface area contributed by atoms with Crippen LogP contribution in [-0.2, 0) is 6.18 Å². The van der Waals surface area contributed by atoms with Gasteiger partial charge in [0, 0.05) is 10.9 Å². The van der Waals surface area contributed by atoms with Crippen molar-refractivity contribution in [3.8, 4) is 17.0 Å². The summed E-state index contributed by atoms with van der Waals surface area (Å²) in [4.78, 5) is 4.39. The molecule has 0 unspecified atom stereocenters. The van der Waals surface area contributed by atoms with E-state index in [4.69, 9.17) is 4.74 Å². The quantitative estimate of drug-likeness (QED) is 0.486. The van der Waals surface area contributed by atoms with E-state index in [1.165, 1.54) is 30.7 Å². The van der Waals surface area contributed by atoms with Crippen LogP contribution in [0.25, 0.3) is 11.3 Å². The zero-order chi connectivity index (χ0) is 18.6. The van der Waals surface area contributed by atoms with Crippen LogP contribution in [0.5, 0.6) is 5.75 Å². The van der Waals surface area contributed by atoms with Crippen LogP contribution >= 0.6 is 11.3 Å².